The van der Waals surface area contributed by atoms with Gasteiger partial charge in [-0.1, -0.05) is 0 Å². The number of aromatic nitrogens is 2. The lowest BCUT2D eigenvalue weighted by atomic mass is 9.93. The van der Waals surface area contributed by atoms with E-state index in [4.69, 9.17) is 10.5 Å². The lowest BCUT2D eigenvalue weighted by molar-refractivity contribution is -0.385. The molecule has 0 aromatic carbocycles. The van der Waals surface area contributed by atoms with Crippen LogP contribution in [0.15, 0.2) is 0 Å². The van der Waals surface area contributed by atoms with Gasteiger partial charge in [-0.05, 0) is 32.6 Å². The Kier molecular flexibility index (Phi) is 4.33. The molecule has 8 nitrogen and oxygen atoms in total. The number of nitrogens with one attached hydrogen (secondary N) is 1. The molecule has 1 unspecified atom stereocenters. The minimum atomic E-state index is -0.478. The molecule has 2 heterocycles. The third-order valence-electron chi connectivity index (χ3n) is 3.60. The minimum Gasteiger partial charge on any atom is -0.381 e. The van der Waals surface area contributed by atoms with Crippen molar-refractivity contribution < 1.29 is 9.66 Å². The first-order valence-electron chi connectivity index (χ1n) is 6.62. The van der Waals surface area contributed by atoms with Gasteiger partial charge in [-0.15, -0.1) is 0 Å². The van der Waals surface area contributed by atoms with Crippen LogP contribution in [-0.4, -0.2) is 34.1 Å². The maximum absolute atomic E-state index is 11.1. The third kappa shape index (κ3) is 3.13. The van der Waals surface area contributed by atoms with Crippen LogP contribution in [0.5, 0.6) is 0 Å². The van der Waals surface area contributed by atoms with E-state index in [2.05, 4.69) is 15.3 Å². The Hall–Kier alpha value is -1.96. The Morgan fingerprint density at radius 2 is 2.10 bits per heavy atom. The van der Waals surface area contributed by atoms with Crippen molar-refractivity contribution >= 4 is 17.5 Å². The average Bonchev–Trinajstić information content (AvgIpc) is 2.38. The summed E-state index contributed by atoms with van der Waals surface area (Å²) < 4.78 is 5.32. The van der Waals surface area contributed by atoms with Crippen LogP contribution in [0.1, 0.15) is 25.5 Å². The zero-order chi connectivity index (χ0) is 14.7. The van der Waals surface area contributed by atoms with Gasteiger partial charge in [0, 0.05) is 19.3 Å². The molecule has 1 aromatic rings. The van der Waals surface area contributed by atoms with E-state index in [-0.39, 0.29) is 29.2 Å². The van der Waals surface area contributed by atoms with Gasteiger partial charge in [-0.25, -0.2) is 4.98 Å². The van der Waals surface area contributed by atoms with Gasteiger partial charge in [-0.3, -0.25) is 10.1 Å². The van der Waals surface area contributed by atoms with Crippen molar-refractivity contribution in [2.45, 2.75) is 32.7 Å². The average molecular weight is 281 g/mol. The monoisotopic (exact) mass is 281 g/mol. The van der Waals surface area contributed by atoms with Gasteiger partial charge >= 0.3 is 5.69 Å². The molecule has 1 saturated heterocycles. The number of nitrogens with two attached hydrogens (primary N) is 1. The van der Waals surface area contributed by atoms with Crippen LogP contribution in [-0.2, 0) is 4.74 Å². The maximum Gasteiger partial charge on any atom is 0.332 e. The fraction of sp³-hybridized carbons (Fsp3) is 0.667. The highest BCUT2D eigenvalue weighted by molar-refractivity contribution is 5.60. The molecule has 2 rings (SSSR count). The Morgan fingerprint density at radius 3 is 2.70 bits per heavy atom. The molecule has 0 bridgehead atoms. The minimum absolute atomic E-state index is 0.0368. The maximum atomic E-state index is 11.1. The number of aryl methyl sites for hydroxylation is 1. The lowest BCUT2D eigenvalue weighted by Crippen LogP contribution is -2.31. The van der Waals surface area contributed by atoms with Gasteiger partial charge in [0.2, 0.25) is 11.8 Å². The number of anilines is 2. The second-order valence-electron chi connectivity index (χ2n) is 5.00. The topological polar surface area (TPSA) is 116 Å². The van der Waals surface area contributed by atoms with E-state index in [1.165, 1.54) is 0 Å². The molecule has 1 aromatic heterocycles. The molecule has 1 fully saturated rings. The van der Waals surface area contributed by atoms with Crippen molar-refractivity contribution in [3.05, 3.63) is 15.8 Å². The molecule has 0 radical (unpaired) electrons. The highest BCUT2D eigenvalue weighted by Gasteiger charge is 2.26. The van der Waals surface area contributed by atoms with Crippen LogP contribution in [0.3, 0.4) is 0 Å². The van der Waals surface area contributed by atoms with E-state index in [1.807, 2.05) is 6.92 Å². The van der Waals surface area contributed by atoms with Crippen molar-refractivity contribution in [3.8, 4) is 0 Å². The van der Waals surface area contributed by atoms with Crippen LogP contribution >= 0.6 is 0 Å². The fourth-order valence-corrected chi connectivity index (χ4v) is 2.46. The van der Waals surface area contributed by atoms with Crippen LogP contribution in [0.4, 0.5) is 17.5 Å². The van der Waals surface area contributed by atoms with Gasteiger partial charge in [0.1, 0.15) is 5.69 Å². The van der Waals surface area contributed by atoms with Crippen LogP contribution in [0.2, 0.25) is 0 Å². The van der Waals surface area contributed by atoms with Crippen molar-refractivity contribution in [1.82, 2.24) is 9.97 Å². The van der Waals surface area contributed by atoms with Gasteiger partial charge < -0.3 is 15.8 Å². The predicted octanol–water partition coefficient (Wildman–Crippen LogP) is 1.50. The van der Waals surface area contributed by atoms with E-state index in [9.17, 15) is 10.1 Å². The molecule has 0 spiro atoms. The number of ether oxygens (including phenoxy) is 1. The molecule has 0 saturated carbocycles. The molecule has 1 aliphatic heterocycles. The third-order valence-corrected chi connectivity index (χ3v) is 3.60. The summed E-state index contributed by atoms with van der Waals surface area (Å²) in [6, 6.07) is 0.0614. The van der Waals surface area contributed by atoms with Crippen LogP contribution in [0.25, 0.3) is 0 Å². The molecule has 1 atom stereocenters. The summed E-state index contributed by atoms with van der Waals surface area (Å²) in [5, 5.41) is 14.3. The lowest BCUT2D eigenvalue weighted by Gasteiger charge is -2.28. The zero-order valence-electron chi connectivity index (χ0n) is 11.6. The first-order valence-corrected chi connectivity index (χ1v) is 6.62. The van der Waals surface area contributed by atoms with Gasteiger partial charge in [-0.2, -0.15) is 4.98 Å². The first-order chi connectivity index (χ1) is 9.49. The van der Waals surface area contributed by atoms with Crippen LogP contribution < -0.4 is 11.1 Å². The normalized spacial score (nSPS) is 17.7. The van der Waals surface area contributed by atoms with Crippen LogP contribution in [0, 0.1) is 23.0 Å². The summed E-state index contributed by atoms with van der Waals surface area (Å²) in [4.78, 5) is 18.5. The smallest absolute Gasteiger partial charge is 0.332 e. The quantitative estimate of drug-likeness (QED) is 0.634. The van der Waals surface area contributed by atoms with E-state index < -0.39 is 4.92 Å². The second-order valence-corrected chi connectivity index (χ2v) is 5.00. The molecule has 1 aliphatic rings. The summed E-state index contributed by atoms with van der Waals surface area (Å²) in [5.41, 5.74) is 5.73. The van der Waals surface area contributed by atoms with Gasteiger partial charge in [0.05, 0.1) is 4.92 Å². The highest BCUT2D eigenvalue weighted by atomic mass is 16.6. The summed E-state index contributed by atoms with van der Waals surface area (Å²) in [6.45, 7) is 5.00. The first kappa shape index (κ1) is 14.4. The number of hydrogen-bond donors (Lipinski definition) is 2. The number of nitrogens with zero attached hydrogens (tertiary/aromatic N) is 3. The van der Waals surface area contributed by atoms with E-state index in [0.717, 1.165) is 26.1 Å². The molecular weight excluding hydrogens is 262 g/mol. The molecular formula is C12H19N5O3. The Balaban J connectivity index is 2.21. The summed E-state index contributed by atoms with van der Waals surface area (Å²) in [5.74, 6) is 0.633. The zero-order valence-corrected chi connectivity index (χ0v) is 11.6. The Labute approximate surface area is 116 Å². The summed E-state index contributed by atoms with van der Waals surface area (Å²) in [6.07, 6.45) is 1.86. The van der Waals surface area contributed by atoms with Crippen molar-refractivity contribution in [2.75, 3.05) is 24.3 Å². The molecule has 20 heavy (non-hydrogen) atoms. The van der Waals surface area contributed by atoms with Crippen molar-refractivity contribution in [2.24, 2.45) is 5.92 Å². The predicted molar refractivity (Wildman–Crippen MR) is 74.5 cm³/mol. The molecule has 0 aliphatic carbocycles. The van der Waals surface area contributed by atoms with E-state index in [0.29, 0.717) is 5.92 Å². The number of nitro groups is 1. The Bertz CT molecular complexity index is 502. The second kappa shape index (κ2) is 6.00. The summed E-state index contributed by atoms with van der Waals surface area (Å²) >= 11 is 0. The Morgan fingerprint density at radius 1 is 1.45 bits per heavy atom. The number of nitrogen functional groups attached to an aromatic ring is 1. The number of rotatable bonds is 4. The fourth-order valence-electron chi connectivity index (χ4n) is 2.46. The van der Waals surface area contributed by atoms with E-state index in [1.54, 1.807) is 6.92 Å². The molecule has 0 amide bonds. The highest BCUT2D eigenvalue weighted by Crippen LogP contribution is 2.28. The largest absolute Gasteiger partial charge is 0.381 e. The molecule has 8 heteroatoms. The SMILES string of the molecule is Cc1nc(N)nc(NC(C)C2CCOCC2)c1[N+](=O)[O-]. The molecule has 3 N–H and O–H groups in total. The number of hydrogen-bond acceptors (Lipinski definition) is 7. The molecule has 110 valence electrons. The van der Waals surface area contributed by atoms with Crippen molar-refractivity contribution in [3.63, 3.8) is 0 Å². The van der Waals surface area contributed by atoms with Crippen molar-refractivity contribution in [1.29, 1.82) is 0 Å². The summed E-state index contributed by atoms with van der Waals surface area (Å²) in [7, 11) is 0. The van der Waals surface area contributed by atoms with Gasteiger partial charge in [0.15, 0.2) is 0 Å². The van der Waals surface area contributed by atoms with Gasteiger partial charge in [0.25, 0.3) is 0 Å². The van der Waals surface area contributed by atoms with E-state index >= 15 is 0 Å². The standard InChI is InChI=1S/C12H19N5O3/c1-7(9-3-5-20-6-4-9)14-11-10(17(18)19)8(2)15-12(13)16-11/h7,9H,3-6H2,1-2H3,(H3,13,14,15,16).